The fourth-order valence-electron chi connectivity index (χ4n) is 4.77. The second-order valence-corrected chi connectivity index (χ2v) is 8.87. The average molecular weight is 423 g/mol. The van der Waals surface area contributed by atoms with Gasteiger partial charge in [-0.3, -0.25) is 0 Å². The van der Waals surface area contributed by atoms with Crippen molar-refractivity contribution in [3.05, 3.63) is 65.4 Å². The molecule has 3 aromatic rings. The van der Waals surface area contributed by atoms with Crippen LogP contribution in [0.4, 0.5) is 4.39 Å². The molecule has 2 aromatic heterocycles. The Morgan fingerprint density at radius 3 is 2.42 bits per heavy atom. The van der Waals surface area contributed by atoms with Gasteiger partial charge in [-0.15, -0.1) is 0 Å². The summed E-state index contributed by atoms with van der Waals surface area (Å²) < 4.78 is 20.8. The molecule has 31 heavy (non-hydrogen) atoms. The molecule has 0 spiro atoms. The SMILES string of the molecule is Cc1ccc(-c2noc(/C=C/C3CCC(C(c4ccc(F)cc4)N(C)C)CC3)n2)n1C. The minimum atomic E-state index is -0.179. The number of aromatic nitrogens is 3. The predicted octanol–water partition coefficient (Wildman–Crippen LogP) is 5.65. The Labute approximate surface area is 183 Å². The van der Waals surface area contributed by atoms with Crippen molar-refractivity contribution in [3.63, 3.8) is 0 Å². The Bertz CT molecular complexity index is 1030. The number of allylic oxidation sites excluding steroid dienone is 1. The molecule has 1 aliphatic carbocycles. The van der Waals surface area contributed by atoms with Crippen molar-refractivity contribution < 1.29 is 8.91 Å². The van der Waals surface area contributed by atoms with Crippen LogP contribution in [0.5, 0.6) is 0 Å². The number of nitrogens with zero attached hydrogens (tertiary/aromatic N) is 4. The highest BCUT2D eigenvalue weighted by Gasteiger charge is 2.29. The van der Waals surface area contributed by atoms with Gasteiger partial charge >= 0.3 is 0 Å². The molecule has 1 aliphatic rings. The first kappa shape index (κ1) is 21.5. The minimum Gasteiger partial charge on any atom is -0.345 e. The van der Waals surface area contributed by atoms with E-state index in [1.807, 2.05) is 37.4 Å². The number of aryl methyl sites for hydroxylation is 1. The molecule has 0 radical (unpaired) electrons. The molecule has 0 aliphatic heterocycles. The molecule has 1 fully saturated rings. The summed E-state index contributed by atoms with van der Waals surface area (Å²) in [5.41, 5.74) is 3.31. The average Bonchev–Trinajstić information content (AvgIpc) is 3.35. The predicted molar refractivity (Wildman–Crippen MR) is 121 cm³/mol. The number of benzene rings is 1. The lowest BCUT2D eigenvalue weighted by atomic mass is 9.76. The van der Waals surface area contributed by atoms with Crippen LogP contribution in [-0.2, 0) is 7.05 Å². The van der Waals surface area contributed by atoms with Gasteiger partial charge in [0, 0.05) is 18.8 Å². The molecule has 0 amide bonds. The van der Waals surface area contributed by atoms with E-state index >= 15 is 0 Å². The zero-order valence-electron chi connectivity index (χ0n) is 18.8. The van der Waals surface area contributed by atoms with Crippen LogP contribution in [-0.4, -0.2) is 33.7 Å². The van der Waals surface area contributed by atoms with Gasteiger partial charge < -0.3 is 14.0 Å². The first-order chi connectivity index (χ1) is 14.9. The molecular formula is C25H31FN4O. The normalized spacial score (nSPS) is 20.6. The summed E-state index contributed by atoms with van der Waals surface area (Å²) in [4.78, 5) is 6.79. The van der Waals surface area contributed by atoms with Crippen LogP contribution in [0.2, 0.25) is 0 Å². The van der Waals surface area contributed by atoms with E-state index in [9.17, 15) is 4.39 Å². The molecule has 5 nitrogen and oxygen atoms in total. The summed E-state index contributed by atoms with van der Waals surface area (Å²) in [6.07, 6.45) is 8.72. The summed E-state index contributed by atoms with van der Waals surface area (Å²) in [6, 6.07) is 11.4. The molecule has 0 saturated heterocycles. The minimum absolute atomic E-state index is 0.179. The molecule has 1 aromatic carbocycles. The van der Waals surface area contributed by atoms with Crippen LogP contribution in [0.3, 0.4) is 0 Å². The van der Waals surface area contributed by atoms with E-state index in [0.717, 1.165) is 37.1 Å². The molecule has 1 saturated carbocycles. The number of rotatable bonds is 6. The van der Waals surface area contributed by atoms with E-state index in [0.29, 0.717) is 29.6 Å². The third-order valence-electron chi connectivity index (χ3n) is 6.59. The van der Waals surface area contributed by atoms with Crippen LogP contribution in [0.25, 0.3) is 17.6 Å². The van der Waals surface area contributed by atoms with Gasteiger partial charge in [0.05, 0.1) is 5.69 Å². The smallest absolute Gasteiger partial charge is 0.250 e. The lowest BCUT2D eigenvalue weighted by Gasteiger charge is -2.37. The lowest BCUT2D eigenvalue weighted by molar-refractivity contribution is 0.159. The first-order valence-electron chi connectivity index (χ1n) is 11.0. The highest BCUT2D eigenvalue weighted by molar-refractivity contribution is 5.52. The van der Waals surface area contributed by atoms with E-state index in [4.69, 9.17) is 4.52 Å². The van der Waals surface area contributed by atoms with Crippen LogP contribution < -0.4 is 0 Å². The maximum atomic E-state index is 13.3. The second kappa shape index (κ2) is 9.18. The van der Waals surface area contributed by atoms with E-state index < -0.39 is 0 Å². The van der Waals surface area contributed by atoms with Crippen molar-refractivity contribution in [2.24, 2.45) is 18.9 Å². The van der Waals surface area contributed by atoms with E-state index in [1.165, 1.54) is 5.56 Å². The molecule has 1 unspecified atom stereocenters. The fourth-order valence-corrected chi connectivity index (χ4v) is 4.77. The first-order valence-corrected chi connectivity index (χ1v) is 11.0. The summed E-state index contributed by atoms with van der Waals surface area (Å²) in [6.45, 7) is 2.05. The van der Waals surface area contributed by atoms with Gasteiger partial charge in [-0.2, -0.15) is 4.98 Å². The molecular weight excluding hydrogens is 391 g/mol. The van der Waals surface area contributed by atoms with Gasteiger partial charge in [-0.05, 0) is 94.4 Å². The van der Waals surface area contributed by atoms with Gasteiger partial charge in [0.25, 0.3) is 5.89 Å². The molecule has 164 valence electrons. The van der Waals surface area contributed by atoms with Crippen molar-refractivity contribution in [1.29, 1.82) is 0 Å². The summed E-state index contributed by atoms with van der Waals surface area (Å²) in [7, 11) is 6.23. The van der Waals surface area contributed by atoms with Gasteiger partial charge in [-0.1, -0.05) is 23.4 Å². The monoisotopic (exact) mass is 422 g/mol. The van der Waals surface area contributed by atoms with Crippen LogP contribution in [0, 0.1) is 24.6 Å². The molecule has 0 N–H and O–H groups in total. The van der Waals surface area contributed by atoms with Crippen LogP contribution >= 0.6 is 0 Å². The molecule has 1 atom stereocenters. The van der Waals surface area contributed by atoms with Crippen LogP contribution in [0.1, 0.15) is 48.9 Å². The summed E-state index contributed by atoms with van der Waals surface area (Å²) >= 11 is 0. The Morgan fingerprint density at radius 2 is 1.81 bits per heavy atom. The van der Waals surface area contributed by atoms with E-state index in [-0.39, 0.29) is 5.82 Å². The number of hydrogen-bond acceptors (Lipinski definition) is 4. The number of hydrogen-bond donors (Lipinski definition) is 0. The second-order valence-electron chi connectivity index (χ2n) is 8.87. The molecule has 4 rings (SSSR count). The van der Waals surface area contributed by atoms with Crippen molar-refractivity contribution in [2.45, 2.75) is 38.6 Å². The summed E-state index contributed by atoms with van der Waals surface area (Å²) in [5, 5.41) is 4.13. The Morgan fingerprint density at radius 1 is 1.10 bits per heavy atom. The largest absolute Gasteiger partial charge is 0.345 e. The molecule has 0 bridgehead atoms. The highest BCUT2D eigenvalue weighted by Crippen LogP contribution is 2.39. The zero-order valence-corrected chi connectivity index (χ0v) is 18.8. The lowest BCUT2D eigenvalue weighted by Crippen LogP contribution is -2.30. The number of halogens is 1. The maximum Gasteiger partial charge on any atom is 0.250 e. The topological polar surface area (TPSA) is 47.1 Å². The van der Waals surface area contributed by atoms with Gasteiger partial charge in [0.1, 0.15) is 5.82 Å². The van der Waals surface area contributed by atoms with Crippen molar-refractivity contribution in [1.82, 2.24) is 19.6 Å². The third kappa shape index (κ3) is 4.79. The van der Waals surface area contributed by atoms with Crippen molar-refractivity contribution in [3.8, 4) is 11.5 Å². The van der Waals surface area contributed by atoms with E-state index in [1.54, 1.807) is 12.1 Å². The fraction of sp³-hybridized carbons (Fsp3) is 0.440. The molecule has 6 heteroatoms. The quantitative estimate of drug-likeness (QED) is 0.515. The third-order valence-corrected chi connectivity index (χ3v) is 6.59. The standard InChI is InChI=1S/C25H31FN4O/c1-17-5-15-22(30(17)4)25-27-23(31-28-25)16-8-18-6-9-19(10-7-18)24(29(2)3)20-11-13-21(26)14-12-20/h5,8,11-16,18-19,24H,6-7,9-10H2,1-4H3/b16-8+. The molecule has 2 heterocycles. The highest BCUT2D eigenvalue weighted by atomic mass is 19.1. The van der Waals surface area contributed by atoms with Crippen LogP contribution in [0.15, 0.2) is 47.0 Å². The zero-order chi connectivity index (χ0) is 22.0. The van der Waals surface area contributed by atoms with Crippen molar-refractivity contribution >= 4 is 6.08 Å². The van der Waals surface area contributed by atoms with E-state index in [2.05, 4.69) is 46.7 Å². The maximum absolute atomic E-state index is 13.3. The Kier molecular flexibility index (Phi) is 6.37. The Balaban J connectivity index is 1.37. The van der Waals surface area contributed by atoms with Gasteiger partial charge in [-0.25, -0.2) is 4.39 Å². The summed E-state index contributed by atoms with van der Waals surface area (Å²) in [5.74, 6) is 2.07. The van der Waals surface area contributed by atoms with Gasteiger partial charge in [0.15, 0.2) is 0 Å². The van der Waals surface area contributed by atoms with Crippen molar-refractivity contribution in [2.75, 3.05) is 14.1 Å². The Hall–Kier alpha value is -2.73. The van der Waals surface area contributed by atoms with Gasteiger partial charge in [0.2, 0.25) is 5.82 Å².